The highest BCUT2D eigenvalue weighted by atomic mass is 32.1. The van der Waals surface area contributed by atoms with Gasteiger partial charge in [0, 0.05) is 49.8 Å². The summed E-state index contributed by atoms with van der Waals surface area (Å²) in [5.74, 6) is -0.718. The summed E-state index contributed by atoms with van der Waals surface area (Å²) < 4.78 is 18.1. The number of carbonyl (C=O) groups is 1. The maximum Gasteiger partial charge on any atom is 0.419 e. The van der Waals surface area contributed by atoms with E-state index in [1.807, 2.05) is 31.1 Å². The fraction of sp³-hybridized carbons (Fsp3) is 0.520. The highest BCUT2D eigenvalue weighted by Crippen LogP contribution is 2.28. The van der Waals surface area contributed by atoms with Gasteiger partial charge in [0.2, 0.25) is 0 Å². The van der Waals surface area contributed by atoms with E-state index in [4.69, 9.17) is 13.9 Å². The first-order chi connectivity index (χ1) is 17.9. The summed E-state index contributed by atoms with van der Waals surface area (Å²) in [6.07, 6.45) is 2.07. The number of hydrogen-bond donors (Lipinski definition) is 2. The number of thiazole rings is 1. The zero-order valence-corrected chi connectivity index (χ0v) is 22.0. The van der Waals surface area contributed by atoms with Gasteiger partial charge in [-0.25, -0.2) is 9.78 Å². The van der Waals surface area contributed by atoms with Crippen LogP contribution < -0.4 is 16.4 Å². The molecule has 0 bridgehead atoms. The topological polar surface area (TPSA) is 135 Å². The quantitative estimate of drug-likeness (QED) is 0.420. The van der Waals surface area contributed by atoms with Crippen LogP contribution in [0.5, 0.6) is 0 Å². The summed E-state index contributed by atoms with van der Waals surface area (Å²) in [5.41, 5.74) is 2.09. The Morgan fingerprint density at radius 2 is 2.30 bits per heavy atom. The first kappa shape index (κ1) is 27.0. The van der Waals surface area contributed by atoms with E-state index in [-0.39, 0.29) is 17.8 Å². The molecule has 3 aromatic rings. The largest absolute Gasteiger partial charge is 0.419 e. The number of amides is 1. The van der Waals surface area contributed by atoms with Crippen LogP contribution in [0.2, 0.25) is 0 Å². The standard InChI is InChI=1S/C25H32N6O5S/c1-30(2)8-9-31-20-10-16(4-5-21(20)36-25(31)33)24-28-13-19(37-24)11-17(12-26)29-23(32)22-14-27-7-6-18(34-3)15-35-22/h4-5,10,13,17-18,22,27H,6-9,11,14-15H2,1-3H3,(H,29,32)/t17?,18-,22+/m1/s1. The van der Waals surface area contributed by atoms with Crippen molar-refractivity contribution in [3.05, 3.63) is 39.8 Å². The Morgan fingerprint density at radius 1 is 1.46 bits per heavy atom. The van der Waals surface area contributed by atoms with Gasteiger partial charge < -0.3 is 29.4 Å². The van der Waals surface area contributed by atoms with Crippen molar-refractivity contribution in [2.75, 3.05) is 47.4 Å². The predicted octanol–water partition coefficient (Wildman–Crippen LogP) is 1.22. The summed E-state index contributed by atoms with van der Waals surface area (Å²) in [6, 6.07) is 6.98. The highest BCUT2D eigenvalue weighted by molar-refractivity contribution is 7.15. The minimum Gasteiger partial charge on any atom is -0.408 e. The third-order valence-corrected chi connectivity index (χ3v) is 7.27. The van der Waals surface area contributed by atoms with Crippen LogP contribution >= 0.6 is 11.3 Å². The van der Waals surface area contributed by atoms with Gasteiger partial charge in [0.25, 0.3) is 5.91 Å². The van der Waals surface area contributed by atoms with Crippen LogP contribution in [0, 0.1) is 11.3 Å². The number of nitrogens with zero attached hydrogens (tertiary/aromatic N) is 4. The molecule has 0 saturated carbocycles. The second-order valence-corrected chi connectivity index (χ2v) is 10.3. The van der Waals surface area contributed by atoms with Crippen molar-refractivity contribution in [1.29, 1.82) is 5.26 Å². The molecular formula is C25H32N6O5S. The van der Waals surface area contributed by atoms with Gasteiger partial charge in [-0.05, 0) is 45.3 Å². The molecule has 0 radical (unpaired) electrons. The van der Waals surface area contributed by atoms with Crippen molar-refractivity contribution in [2.24, 2.45) is 0 Å². The van der Waals surface area contributed by atoms with Crippen molar-refractivity contribution in [3.8, 4) is 16.6 Å². The molecule has 0 aliphatic carbocycles. The molecule has 198 valence electrons. The molecule has 3 atom stereocenters. The van der Waals surface area contributed by atoms with Crippen LogP contribution in [-0.2, 0) is 27.2 Å². The smallest absolute Gasteiger partial charge is 0.408 e. The number of benzene rings is 1. The second kappa shape index (κ2) is 12.4. The molecule has 0 spiro atoms. The summed E-state index contributed by atoms with van der Waals surface area (Å²) in [5, 5.41) is 16.4. The number of ether oxygens (including phenoxy) is 2. The van der Waals surface area contributed by atoms with Gasteiger partial charge in [0.05, 0.1) is 24.3 Å². The number of methoxy groups -OCH3 is 1. The van der Waals surface area contributed by atoms with Crippen molar-refractivity contribution >= 4 is 28.3 Å². The van der Waals surface area contributed by atoms with Crippen LogP contribution in [0.15, 0.2) is 33.6 Å². The van der Waals surface area contributed by atoms with Crippen LogP contribution in [-0.4, -0.2) is 86.1 Å². The summed E-state index contributed by atoms with van der Waals surface area (Å²) in [4.78, 5) is 32.5. The number of rotatable bonds is 9. The number of nitriles is 1. The van der Waals surface area contributed by atoms with E-state index >= 15 is 0 Å². The van der Waals surface area contributed by atoms with Gasteiger partial charge in [-0.2, -0.15) is 5.26 Å². The van der Waals surface area contributed by atoms with E-state index in [1.165, 1.54) is 11.3 Å². The van der Waals surface area contributed by atoms with Crippen molar-refractivity contribution in [1.82, 2.24) is 25.1 Å². The predicted molar refractivity (Wildman–Crippen MR) is 139 cm³/mol. The second-order valence-electron chi connectivity index (χ2n) is 9.20. The van der Waals surface area contributed by atoms with Crippen LogP contribution in [0.4, 0.5) is 0 Å². The molecule has 1 aliphatic rings. The Kier molecular flexibility index (Phi) is 9.07. The fourth-order valence-corrected chi connectivity index (χ4v) is 5.01. The van der Waals surface area contributed by atoms with Gasteiger partial charge >= 0.3 is 5.76 Å². The summed E-state index contributed by atoms with van der Waals surface area (Å²) in [6.45, 7) is 2.65. The molecule has 1 saturated heterocycles. The maximum atomic E-state index is 12.8. The minimum absolute atomic E-state index is 0.0746. The molecule has 3 heterocycles. The molecule has 1 aliphatic heterocycles. The van der Waals surface area contributed by atoms with Gasteiger partial charge in [0.15, 0.2) is 5.58 Å². The van der Waals surface area contributed by atoms with Crippen LogP contribution in [0.3, 0.4) is 0 Å². The monoisotopic (exact) mass is 528 g/mol. The van der Waals surface area contributed by atoms with Crippen molar-refractivity contribution in [2.45, 2.75) is 37.6 Å². The van der Waals surface area contributed by atoms with Gasteiger partial charge in [-0.3, -0.25) is 9.36 Å². The highest BCUT2D eigenvalue weighted by Gasteiger charge is 2.25. The van der Waals surface area contributed by atoms with E-state index in [1.54, 1.807) is 23.9 Å². The molecule has 1 unspecified atom stereocenters. The third-order valence-electron chi connectivity index (χ3n) is 6.20. The van der Waals surface area contributed by atoms with Gasteiger partial charge in [-0.15, -0.1) is 11.3 Å². The Hall–Kier alpha value is -3.08. The lowest BCUT2D eigenvalue weighted by Crippen LogP contribution is -2.49. The minimum atomic E-state index is -0.722. The van der Waals surface area contributed by atoms with E-state index in [0.717, 1.165) is 28.4 Å². The SMILES string of the molecule is CO[C@@H]1CCNC[C@@H](C(=O)NC(C#N)Cc2cnc(-c3ccc4oc(=O)n(CCN(C)C)c4c3)s2)OC1. The van der Waals surface area contributed by atoms with Gasteiger partial charge in [-0.1, -0.05) is 0 Å². The lowest BCUT2D eigenvalue weighted by atomic mass is 10.2. The summed E-state index contributed by atoms with van der Waals surface area (Å²) >= 11 is 1.44. The molecule has 12 heteroatoms. The number of fused-ring (bicyclic) bond motifs is 1. The molecule has 4 rings (SSSR count). The number of aromatic nitrogens is 2. The number of carbonyl (C=O) groups excluding carboxylic acids is 1. The lowest BCUT2D eigenvalue weighted by molar-refractivity contribution is -0.136. The Labute approximate surface area is 219 Å². The third kappa shape index (κ3) is 6.82. The normalized spacial score (nSPS) is 19.3. The molecular weight excluding hydrogens is 496 g/mol. The molecule has 2 aromatic heterocycles. The first-order valence-electron chi connectivity index (χ1n) is 12.2. The van der Waals surface area contributed by atoms with Crippen molar-refractivity contribution in [3.63, 3.8) is 0 Å². The maximum absolute atomic E-state index is 12.8. The molecule has 11 nitrogen and oxygen atoms in total. The zero-order valence-electron chi connectivity index (χ0n) is 21.2. The van der Waals surface area contributed by atoms with E-state index in [0.29, 0.717) is 43.8 Å². The Bertz CT molecular complexity index is 1310. The molecule has 37 heavy (non-hydrogen) atoms. The first-order valence-corrected chi connectivity index (χ1v) is 13.0. The molecule has 1 aromatic carbocycles. The van der Waals surface area contributed by atoms with E-state index in [9.17, 15) is 14.9 Å². The molecule has 1 amide bonds. The van der Waals surface area contributed by atoms with Crippen molar-refractivity contribution < 1.29 is 18.7 Å². The Morgan fingerprint density at radius 3 is 3.05 bits per heavy atom. The van der Waals surface area contributed by atoms with Gasteiger partial charge in [0.1, 0.15) is 17.2 Å². The van der Waals surface area contributed by atoms with Crippen LogP contribution in [0.1, 0.15) is 11.3 Å². The zero-order chi connectivity index (χ0) is 26.4. The van der Waals surface area contributed by atoms with Crippen LogP contribution in [0.25, 0.3) is 21.7 Å². The number of likely N-dealkylation sites (N-methyl/N-ethyl adjacent to an activating group) is 1. The molecule has 1 fully saturated rings. The summed E-state index contributed by atoms with van der Waals surface area (Å²) in [7, 11) is 5.52. The van der Waals surface area contributed by atoms with E-state index < -0.39 is 12.1 Å². The Balaban J connectivity index is 1.43. The molecule has 2 N–H and O–H groups in total. The average molecular weight is 529 g/mol. The number of hydrogen-bond acceptors (Lipinski definition) is 10. The number of oxazole rings is 1. The lowest BCUT2D eigenvalue weighted by Gasteiger charge is -2.25. The average Bonchev–Trinajstić information content (AvgIpc) is 3.45. The number of nitrogens with one attached hydrogen (secondary N) is 2. The fourth-order valence-electron chi connectivity index (χ4n) is 4.05. The van der Waals surface area contributed by atoms with E-state index in [2.05, 4.69) is 21.7 Å².